The summed E-state index contributed by atoms with van der Waals surface area (Å²) in [6.07, 6.45) is 3.50. The molecule has 0 saturated heterocycles. The lowest BCUT2D eigenvalue weighted by atomic mass is 10.3. The first kappa shape index (κ1) is 12.2. The Labute approximate surface area is 98.7 Å². The average Bonchev–Trinajstić information content (AvgIpc) is 2.32. The number of carbonyl (C=O) groups is 1. The van der Waals surface area contributed by atoms with Crippen molar-refractivity contribution >= 4 is 17.0 Å². The molecule has 0 aliphatic heterocycles. The molecule has 0 aliphatic rings. The highest BCUT2D eigenvalue weighted by molar-refractivity contribution is 6.61. The quantitative estimate of drug-likeness (QED) is 0.710. The molecule has 0 atom stereocenters. The largest absolute Gasteiger partial charge is 0.415 e. The van der Waals surface area contributed by atoms with E-state index in [-0.39, 0.29) is 0 Å². The fourth-order valence-corrected chi connectivity index (χ4v) is 0.983. The number of para-hydroxylation sites is 1. The highest BCUT2D eigenvalue weighted by Crippen LogP contribution is 2.09. The van der Waals surface area contributed by atoms with Crippen LogP contribution in [0, 0.1) is 0 Å². The van der Waals surface area contributed by atoms with Gasteiger partial charge in [-0.1, -0.05) is 24.3 Å². The van der Waals surface area contributed by atoms with Gasteiger partial charge in [0, 0.05) is 24.0 Å². The molecule has 2 rings (SSSR count). The van der Waals surface area contributed by atoms with E-state index >= 15 is 0 Å². The van der Waals surface area contributed by atoms with Crippen molar-refractivity contribution in [3.05, 3.63) is 60.9 Å². The van der Waals surface area contributed by atoms with Gasteiger partial charge in [-0.3, -0.25) is 4.98 Å². The number of nitrogens with zero attached hydrogens (tertiary/aromatic N) is 1. The van der Waals surface area contributed by atoms with E-state index in [9.17, 15) is 4.79 Å². The summed E-state index contributed by atoms with van der Waals surface area (Å²) in [5.74, 6) is 0.461. The maximum Gasteiger partial charge on any atom is 0.409 e. The van der Waals surface area contributed by atoms with Gasteiger partial charge in [0.25, 0.3) is 0 Å². The third-order valence-corrected chi connectivity index (χ3v) is 1.58. The molecule has 0 saturated carbocycles. The van der Waals surface area contributed by atoms with Crippen LogP contribution in [-0.4, -0.2) is 10.4 Å². The number of benzene rings is 1. The number of carbonyl (C=O) groups excluding carboxylic acids is 1. The number of rotatable bonds is 1. The molecule has 0 unspecified atom stereocenters. The maximum atomic E-state index is 10.2. The van der Waals surface area contributed by atoms with Crippen LogP contribution < -0.4 is 4.74 Å². The molecule has 16 heavy (non-hydrogen) atoms. The zero-order valence-electron chi connectivity index (χ0n) is 8.42. The first-order valence-electron chi connectivity index (χ1n) is 4.56. The van der Waals surface area contributed by atoms with E-state index in [1.807, 2.05) is 24.3 Å². The van der Waals surface area contributed by atoms with Crippen molar-refractivity contribution in [2.45, 2.75) is 0 Å². The summed E-state index contributed by atoms with van der Waals surface area (Å²) in [5.41, 5.74) is -0.814. The molecule has 3 nitrogen and oxygen atoms in total. The minimum Gasteiger partial charge on any atom is -0.415 e. The van der Waals surface area contributed by atoms with Gasteiger partial charge >= 0.3 is 5.43 Å². The van der Waals surface area contributed by atoms with Crippen LogP contribution in [0.25, 0.3) is 0 Å². The number of ether oxygens (including phenoxy) is 1. The minimum atomic E-state index is -0.814. The topological polar surface area (TPSA) is 39.2 Å². The Bertz CT molecular complexity index is 379. The number of halogens is 1. The predicted octanol–water partition coefficient (Wildman–Crippen LogP) is 3.51. The summed E-state index contributed by atoms with van der Waals surface area (Å²) in [5, 5.41) is 0. The molecule has 0 fully saturated rings. The van der Waals surface area contributed by atoms with Crippen molar-refractivity contribution in [1.29, 1.82) is 0 Å². The van der Waals surface area contributed by atoms with Crippen molar-refractivity contribution in [1.82, 2.24) is 4.98 Å². The maximum absolute atomic E-state index is 10.2. The molecule has 0 amide bonds. The lowest BCUT2D eigenvalue weighted by Crippen LogP contribution is -1.94. The van der Waals surface area contributed by atoms with Crippen molar-refractivity contribution in [3.63, 3.8) is 0 Å². The standard InChI is InChI=1S/C7H5ClO2.C5H5N/c8-7(9)10-6-4-2-1-3-5-6;1-2-4-6-5-3-1/h1-5H;1-5H. The molecule has 1 aromatic heterocycles. The van der Waals surface area contributed by atoms with Crippen LogP contribution in [0.15, 0.2) is 60.9 Å². The summed E-state index contributed by atoms with van der Waals surface area (Å²) in [6.45, 7) is 0. The van der Waals surface area contributed by atoms with Crippen molar-refractivity contribution in [3.8, 4) is 5.75 Å². The van der Waals surface area contributed by atoms with Crippen LogP contribution in [0.3, 0.4) is 0 Å². The fraction of sp³-hybridized carbons (Fsp3) is 0. The molecule has 0 aliphatic carbocycles. The third-order valence-electron chi connectivity index (χ3n) is 1.51. The van der Waals surface area contributed by atoms with Gasteiger partial charge in [0.2, 0.25) is 0 Å². The van der Waals surface area contributed by atoms with Gasteiger partial charge in [0.05, 0.1) is 0 Å². The second-order valence-corrected chi connectivity index (χ2v) is 2.99. The van der Waals surface area contributed by atoms with E-state index in [0.29, 0.717) is 5.75 Å². The van der Waals surface area contributed by atoms with E-state index in [4.69, 9.17) is 11.6 Å². The zero-order chi connectivity index (χ0) is 11.6. The van der Waals surface area contributed by atoms with Crippen LogP contribution in [0.1, 0.15) is 0 Å². The smallest absolute Gasteiger partial charge is 0.409 e. The molecule has 82 valence electrons. The van der Waals surface area contributed by atoms with Crippen LogP contribution in [0.5, 0.6) is 5.75 Å². The highest BCUT2D eigenvalue weighted by atomic mass is 35.5. The van der Waals surface area contributed by atoms with E-state index in [1.54, 1.807) is 36.7 Å². The first-order chi connectivity index (χ1) is 7.79. The van der Waals surface area contributed by atoms with Gasteiger partial charge in [-0.25, -0.2) is 4.79 Å². The molecule has 0 bridgehead atoms. The molecule has 1 heterocycles. The van der Waals surface area contributed by atoms with Gasteiger partial charge in [0.15, 0.2) is 0 Å². The molecule has 2 aromatic rings. The van der Waals surface area contributed by atoms with E-state index < -0.39 is 5.43 Å². The number of hydrogen-bond donors (Lipinski definition) is 0. The van der Waals surface area contributed by atoms with E-state index in [2.05, 4.69) is 9.72 Å². The summed E-state index contributed by atoms with van der Waals surface area (Å²) < 4.78 is 4.54. The molecule has 0 N–H and O–H groups in total. The molecule has 0 spiro atoms. The first-order valence-corrected chi connectivity index (χ1v) is 4.94. The molecule has 1 aromatic carbocycles. The number of pyridine rings is 1. The average molecular weight is 236 g/mol. The molecular weight excluding hydrogens is 226 g/mol. The Hall–Kier alpha value is -1.87. The van der Waals surface area contributed by atoms with Crippen molar-refractivity contribution < 1.29 is 9.53 Å². The summed E-state index contributed by atoms with van der Waals surface area (Å²) >= 11 is 4.95. The predicted molar refractivity (Wildman–Crippen MR) is 62.6 cm³/mol. The van der Waals surface area contributed by atoms with E-state index in [1.165, 1.54) is 0 Å². The lowest BCUT2D eigenvalue weighted by Gasteiger charge is -1.95. The molecule has 0 radical (unpaired) electrons. The summed E-state index contributed by atoms with van der Waals surface area (Å²) in [4.78, 5) is 13.9. The Morgan fingerprint density at radius 3 is 1.94 bits per heavy atom. The third kappa shape index (κ3) is 5.78. The number of hydrogen-bond acceptors (Lipinski definition) is 3. The summed E-state index contributed by atoms with van der Waals surface area (Å²) in [7, 11) is 0. The summed E-state index contributed by atoms with van der Waals surface area (Å²) in [6, 6.07) is 14.4. The van der Waals surface area contributed by atoms with Crippen molar-refractivity contribution in [2.24, 2.45) is 0 Å². The van der Waals surface area contributed by atoms with Crippen LogP contribution in [-0.2, 0) is 0 Å². The molecule has 4 heteroatoms. The second-order valence-electron chi connectivity index (χ2n) is 2.68. The SMILES string of the molecule is O=C(Cl)Oc1ccccc1.c1ccncc1. The Balaban J connectivity index is 0.000000181. The van der Waals surface area contributed by atoms with Gasteiger partial charge in [-0.2, -0.15) is 0 Å². The highest BCUT2D eigenvalue weighted by Gasteiger charge is 1.95. The van der Waals surface area contributed by atoms with Crippen LogP contribution >= 0.6 is 11.6 Å². The normalized spacial score (nSPS) is 8.56. The second kappa shape index (κ2) is 7.43. The van der Waals surface area contributed by atoms with Gasteiger partial charge in [-0.05, 0) is 24.3 Å². The monoisotopic (exact) mass is 235 g/mol. The Morgan fingerprint density at radius 2 is 1.56 bits per heavy atom. The Kier molecular flexibility index (Phi) is 5.66. The molecular formula is C12H10ClNO2. The van der Waals surface area contributed by atoms with Crippen LogP contribution in [0.4, 0.5) is 4.79 Å². The fourth-order valence-electron chi connectivity index (χ4n) is 0.894. The van der Waals surface area contributed by atoms with E-state index in [0.717, 1.165) is 0 Å². The van der Waals surface area contributed by atoms with Crippen LogP contribution in [0.2, 0.25) is 0 Å². The van der Waals surface area contributed by atoms with Gasteiger partial charge in [-0.15, -0.1) is 0 Å². The number of aromatic nitrogens is 1. The zero-order valence-corrected chi connectivity index (χ0v) is 9.17. The van der Waals surface area contributed by atoms with Gasteiger partial charge in [0.1, 0.15) is 5.75 Å². The lowest BCUT2D eigenvalue weighted by molar-refractivity contribution is 0.225. The Morgan fingerprint density at radius 1 is 1.00 bits per heavy atom. The van der Waals surface area contributed by atoms with Gasteiger partial charge < -0.3 is 4.74 Å². The minimum absolute atomic E-state index is 0.461. The van der Waals surface area contributed by atoms with Crippen molar-refractivity contribution in [2.75, 3.05) is 0 Å².